The number of hydrogen-bond donors (Lipinski definition) is 2. The topological polar surface area (TPSA) is 52.6 Å². The van der Waals surface area contributed by atoms with E-state index in [0.717, 1.165) is 23.3 Å². The number of nitrogens with one attached hydrogen (secondary N) is 2. The molecule has 2 rings (SSSR count). The van der Waals surface area contributed by atoms with Crippen LogP contribution < -0.4 is 10.6 Å². The quantitative estimate of drug-likeness (QED) is 0.540. The fourth-order valence-corrected chi connectivity index (χ4v) is 3.18. The van der Waals surface area contributed by atoms with Gasteiger partial charge < -0.3 is 10.6 Å². The molecule has 1 aromatic rings. The van der Waals surface area contributed by atoms with Crippen molar-refractivity contribution < 1.29 is 13.2 Å². The smallest absolute Gasteiger partial charge is 0.357 e. The largest absolute Gasteiger partial charge is 0.434 e. The minimum Gasteiger partial charge on any atom is -0.357 e. The first-order chi connectivity index (χ1) is 11.8. The van der Waals surface area contributed by atoms with E-state index < -0.39 is 11.9 Å². The molecule has 0 aliphatic heterocycles. The molecule has 1 atom stereocenters. The van der Waals surface area contributed by atoms with Crippen LogP contribution in [0, 0.1) is 0 Å². The van der Waals surface area contributed by atoms with Crippen molar-refractivity contribution in [2.24, 2.45) is 4.99 Å². The van der Waals surface area contributed by atoms with Gasteiger partial charge in [0.05, 0.1) is 11.6 Å². The first-order valence-electron chi connectivity index (χ1n) is 8.57. The summed E-state index contributed by atoms with van der Waals surface area (Å²) in [5.41, 5.74) is -0.815. The summed E-state index contributed by atoms with van der Waals surface area (Å²) in [4.78, 5) is 10.6. The molecule has 1 heterocycles. The highest BCUT2D eigenvalue weighted by Crippen LogP contribution is 2.30. The molecule has 25 heavy (non-hydrogen) atoms. The monoisotopic (exact) mass is 377 g/mol. The van der Waals surface area contributed by atoms with Crippen LogP contribution in [0.1, 0.15) is 37.4 Å². The summed E-state index contributed by atoms with van der Waals surface area (Å²) >= 11 is 1.04. The Morgan fingerprint density at radius 1 is 1.44 bits per heavy atom. The highest BCUT2D eigenvalue weighted by atomic mass is 32.1. The number of hydrogen-bond acceptors (Lipinski definition) is 4. The van der Waals surface area contributed by atoms with E-state index in [1.807, 2.05) is 6.92 Å². The molecule has 5 nitrogen and oxygen atoms in total. The number of aliphatic imine (C=N–C) groups is 1. The molecule has 1 aliphatic carbocycles. The average molecular weight is 377 g/mol. The Morgan fingerprint density at radius 3 is 2.72 bits per heavy atom. The maximum absolute atomic E-state index is 12.5. The number of halogens is 3. The summed E-state index contributed by atoms with van der Waals surface area (Å²) in [5.74, 6) is 0.686. The maximum atomic E-state index is 12.5. The van der Waals surface area contributed by atoms with Crippen LogP contribution >= 0.6 is 11.3 Å². The molecule has 2 N–H and O–H groups in total. The number of rotatable bonds is 8. The van der Waals surface area contributed by atoms with Crippen molar-refractivity contribution in [3.63, 3.8) is 0 Å². The summed E-state index contributed by atoms with van der Waals surface area (Å²) in [6.45, 7) is 6.03. The van der Waals surface area contributed by atoms with Crippen LogP contribution in [-0.2, 0) is 12.6 Å². The van der Waals surface area contributed by atoms with E-state index in [9.17, 15) is 13.2 Å². The van der Waals surface area contributed by atoms with E-state index in [4.69, 9.17) is 0 Å². The maximum Gasteiger partial charge on any atom is 0.434 e. The SMILES string of the molecule is CCNC(=NCC(C)N(C)C1CC1)NCCc1nc(C(F)(F)F)cs1. The van der Waals surface area contributed by atoms with Crippen LogP contribution in [0.25, 0.3) is 0 Å². The number of nitrogens with zero attached hydrogens (tertiary/aromatic N) is 3. The summed E-state index contributed by atoms with van der Waals surface area (Å²) in [6, 6.07) is 1.05. The second-order valence-electron chi connectivity index (χ2n) is 6.27. The average Bonchev–Trinajstić information content (AvgIpc) is 3.28. The summed E-state index contributed by atoms with van der Waals surface area (Å²) < 4.78 is 37.6. The van der Waals surface area contributed by atoms with Gasteiger partial charge >= 0.3 is 6.18 Å². The molecule has 0 bridgehead atoms. The molecule has 0 saturated heterocycles. The third-order valence-corrected chi connectivity index (χ3v) is 5.06. The number of aromatic nitrogens is 1. The minimum absolute atomic E-state index is 0.358. The van der Waals surface area contributed by atoms with Crippen molar-refractivity contribution in [1.29, 1.82) is 0 Å². The Kier molecular flexibility index (Phi) is 7.06. The summed E-state index contributed by atoms with van der Waals surface area (Å²) in [5, 5.41) is 7.85. The molecule has 0 radical (unpaired) electrons. The van der Waals surface area contributed by atoms with Crippen LogP contribution in [0.2, 0.25) is 0 Å². The van der Waals surface area contributed by atoms with Crippen molar-refractivity contribution in [3.05, 3.63) is 16.1 Å². The Morgan fingerprint density at radius 2 is 2.16 bits per heavy atom. The molecule has 142 valence electrons. The predicted molar refractivity (Wildman–Crippen MR) is 95.0 cm³/mol. The normalized spacial score (nSPS) is 17.0. The Balaban J connectivity index is 1.80. The molecule has 1 aromatic heterocycles. The van der Waals surface area contributed by atoms with Gasteiger partial charge in [0.15, 0.2) is 11.7 Å². The van der Waals surface area contributed by atoms with Gasteiger partial charge in [0.2, 0.25) is 0 Å². The number of thiazole rings is 1. The fourth-order valence-electron chi connectivity index (χ4n) is 2.38. The predicted octanol–water partition coefficient (Wildman–Crippen LogP) is 2.74. The van der Waals surface area contributed by atoms with Gasteiger partial charge in [-0.3, -0.25) is 9.89 Å². The minimum atomic E-state index is -4.37. The molecular formula is C16H26F3N5S. The van der Waals surface area contributed by atoms with E-state index in [1.165, 1.54) is 12.8 Å². The zero-order chi connectivity index (χ0) is 18.4. The standard InChI is InChI=1S/C16H26F3N5S/c1-4-20-15(22-9-11(2)24(3)12-5-6-12)21-8-7-14-23-13(10-25-14)16(17,18)19/h10-12H,4-9H2,1-3H3,(H2,20,21,22). The lowest BCUT2D eigenvalue weighted by Crippen LogP contribution is -2.40. The molecule has 0 spiro atoms. The molecule has 0 amide bonds. The van der Waals surface area contributed by atoms with Crippen LogP contribution in [-0.4, -0.2) is 54.6 Å². The van der Waals surface area contributed by atoms with E-state index in [2.05, 4.69) is 39.5 Å². The van der Waals surface area contributed by atoms with Crippen LogP contribution in [0.4, 0.5) is 13.2 Å². The van der Waals surface area contributed by atoms with Crippen LogP contribution in [0.3, 0.4) is 0 Å². The van der Waals surface area contributed by atoms with Gasteiger partial charge in [-0.05, 0) is 33.7 Å². The van der Waals surface area contributed by atoms with E-state index in [-0.39, 0.29) is 0 Å². The highest BCUT2D eigenvalue weighted by Gasteiger charge is 2.33. The van der Waals surface area contributed by atoms with Gasteiger partial charge in [0.25, 0.3) is 0 Å². The van der Waals surface area contributed by atoms with Crippen LogP contribution in [0.5, 0.6) is 0 Å². The molecule has 0 aromatic carbocycles. The molecule has 1 aliphatic rings. The second-order valence-corrected chi connectivity index (χ2v) is 7.21. The molecule has 1 unspecified atom stereocenters. The molecular weight excluding hydrogens is 351 g/mol. The Hall–Kier alpha value is -1.35. The van der Waals surface area contributed by atoms with Crippen molar-refractivity contribution in [3.8, 4) is 0 Å². The van der Waals surface area contributed by atoms with Crippen LogP contribution in [0.15, 0.2) is 10.4 Å². The van der Waals surface area contributed by atoms with E-state index in [1.54, 1.807) is 0 Å². The number of alkyl halides is 3. The van der Waals surface area contributed by atoms with E-state index >= 15 is 0 Å². The summed E-state index contributed by atoms with van der Waals surface area (Å²) in [6.07, 6.45) is -1.42. The zero-order valence-corrected chi connectivity index (χ0v) is 15.7. The molecule has 9 heteroatoms. The molecule has 1 saturated carbocycles. The lowest BCUT2D eigenvalue weighted by atomic mass is 10.3. The van der Waals surface area contributed by atoms with Gasteiger partial charge in [-0.25, -0.2) is 4.98 Å². The third-order valence-electron chi connectivity index (χ3n) is 4.15. The second kappa shape index (κ2) is 8.84. The lowest BCUT2D eigenvalue weighted by Gasteiger charge is -2.23. The lowest BCUT2D eigenvalue weighted by molar-refractivity contribution is -0.140. The van der Waals surface area contributed by atoms with Crippen molar-refractivity contribution >= 4 is 17.3 Å². The van der Waals surface area contributed by atoms with Crippen molar-refractivity contribution in [2.45, 2.75) is 51.4 Å². The summed E-state index contributed by atoms with van der Waals surface area (Å²) in [7, 11) is 2.12. The first-order valence-corrected chi connectivity index (χ1v) is 9.45. The van der Waals surface area contributed by atoms with E-state index in [0.29, 0.717) is 42.6 Å². The van der Waals surface area contributed by atoms with Gasteiger partial charge in [-0.1, -0.05) is 0 Å². The van der Waals surface area contributed by atoms with Gasteiger partial charge in [-0.15, -0.1) is 11.3 Å². The van der Waals surface area contributed by atoms with Crippen molar-refractivity contribution in [1.82, 2.24) is 20.5 Å². The number of guanidine groups is 1. The Bertz CT molecular complexity index is 568. The van der Waals surface area contributed by atoms with Crippen molar-refractivity contribution in [2.75, 3.05) is 26.7 Å². The third kappa shape index (κ3) is 6.47. The van der Waals surface area contributed by atoms with Gasteiger partial charge in [0.1, 0.15) is 0 Å². The Labute approximate surface area is 150 Å². The fraction of sp³-hybridized carbons (Fsp3) is 0.750. The molecule has 1 fully saturated rings. The number of likely N-dealkylation sites (N-methyl/N-ethyl adjacent to an activating group) is 1. The van der Waals surface area contributed by atoms with Gasteiger partial charge in [0, 0.05) is 37.0 Å². The highest BCUT2D eigenvalue weighted by molar-refractivity contribution is 7.09. The first kappa shape index (κ1) is 20.0. The zero-order valence-electron chi connectivity index (χ0n) is 14.9. The van der Waals surface area contributed by atoms with Gasteiger partial charge in [-0.2, -0.15) is 13.2 Å².